The van der Waals surface area contributed by atoms with Crippen LogP contribution in [0.25, 0.3) is 6.08 Å². The summed E-state index contributed by atoms with van der Waals surface area (Å²) in [6, 6.07) is 14.7. The monoisotopic (exact) mass is 331 g/mol. The molecule has 100 valence electrons. The molecule has 5 heteroatoms. The molecule has 0 saturated carbocycles. The molecule has 20 heavy (non-hydrogen) atoms. The Kier molecular flexibility index (Phi) is 3.28. The number of fused-ring (bicyclic) bond motifs is 1. The second kappa shape index (κ2) is 5.09. The van der Waals surface area contributed by atoms with Gasteiger partial charge in [0.15, 0.2) is 0 Å². The van der Waals surface area contributed by atoms with Crippen LogP contribution < -0.4 is 4.74 Å². The molecule has 0 N–H and O–H groups in total. The fraction of sp³-hybridized carbons (Fsp3) is 0.0667. The number of benzene rings is 2. The highest BCUT2D eigenvalue weighted by Crippen LogP contribution is 2.38. The Labute approximate surface area is 124 Å². The van der Waals surface area contributed by atoms with Crippen molar-refractivity contribution in [2.24, 2.45) is 0 Å². The van der Waals surface area contributed by atoms with Crippen molar-refractivity contribution in [2.45, 2.75) is 6.10 Å². The fourth-order valence-electron chi connectivity index (χ4n) is 2.18. The average molecular weight is 332 g/mol. The highest BCUT2D eigenvalue weighted by molar-refractivity contribution is 9.10. The van der Waals surface area contributed by atoms with Gasteiger partial charge in [0.25, 0.3) is 5.70 Å². The van der Waals surface area contributed by atoms with Crippen LogP contribution in [0.4, 0.5) is 0 Å². The molecule has 0 fully saturated rings. The molecule has 0 spiro atoms. The summed E-state index contributed by atoms with van der Waals surface area (Å²) in [6.45, 7) is 0. The number of hydrogen-bond donors (Lipinski definition) is 0. The van der Waals surface area contributed by atoms with E-state index in [1.165, 1.54) is 0 Å². The van der Waals surface area contributed by atoms with E-state index in [2.05, 4.69) is 15.9 Å². The Morgan fingerprint density at radius 1 is 1.15 bits per heavy atom. The van der Waals surface area contributed by atoms with Gasteiger partial charge in [0, 0.05) is 21.7 Å². The third kappa shape index (κ3) is 2.32. The molecule has 0 bridgehead atoms. The van der Waals surface area contributed by atoms with Crippen LogP contribution in [0.1, 0.15) is 17.2 Å². The number of hydrogen-bond acceptors (Lipinski definition) is 3. The molecule has 1 aliphatic heterocycles. The maximum atomic E-state index is 11.3. The number of nitrogens with zero attached hydrogens (tertiary/aromatic N) is 1. The summed E-state index contributed by atoms with van der Waals surface area (Å²) < 4.78 is 6.67. The van der Waals surface area contributed by atoms with Crippen LogP contribution in [-0.4, -0.2) is 4.92 Å². The quantitative estimate of drug-likeness (QED) is 0.612. The molecular weight excluding hydrogens is 322 g/mol. The van der Waals surface area contributed by atoms with Crippen LogP contribution in [0.3, 0.4) is 0 Å². The van der Waals surface area contributed by atoms with Crippen LogP contribution in [0, 0.1) is 10.1 Å². The Hall–Kier alpha value is -2.14. The Bertz CT molecular complexity index is 698. The molecule has 0 aromatic heterocycles. The molecule has 0 aliphatic carbocycles. The van der Waals surface area contributed by atoms with Crippen molar-refractivity contribution < 1.29 is 9.66 Å². The van der Waals surface area contributed by atoms with Gasteiger partial charge in [-0.05, 0) is 18.2 Å². The maximum absolute atomic E-state index is 11.3. The predicted molar refractivity (Wildman–Crippen MR) is 78.9 cm³/mol. The van der Waals surface area contributed by atoms with E-state index in [4.69, 9.17) is 4.74 Å². The summed E-state index contributed by atoms with van der Waals surface area (Å²) in [5.41, 5.74) is 1.52. The number of rotatable bonds is 2. The molecule has 1 aliphatic rings. The second-order valence-electron chi connectivity index (χ2n) is 4.42. The Morgan fingerprint density at radius 2 is 1.90 bits per heavy atom. The third-order valence-electron chi connectivity index (χ3n) is 3.10. The lowest BCUT2D eigenvalue weighted by atomic mass is 10.0. The first-order chi connectivity index (χ1) is 9.65. The van der Waals surface area contributed by atoms with E-state index >= 15 is 0 Å². The van der Waals surface area contributed by atoms with E-state index in [1.54, 1.807) is 12.1 Å². The first kappa shape index (κ1) is 12.9. The van der Waals surface area contributed by atoms with E-state index in [9.17, 15) is 10.1 Å². The van der Waals surface area contributed by atoms with E-state index in [-0.39, 0.29) is 10.6 Å². The van der Waals surface area contributed by atoms with Crippen LogP contribution >= 0.6 is 15.9 Å². The van der Waals surface area contributed by atoms with E-state index in [1.807, 2.05) is 42.5 Å². The zero-order valence-electron chi connectivity index (χ0n) is 10.3. The highest BCUT2D eigenvalue weighted by Gasteiger charge is 2.32. The number of halogens is 1. The SMILES string of the molecule is O=[N+]([O-])C1=Cc2cc(Br)ccc2O[C@@H]1c1ccccc1. The molecule has 0 amide bonds. The first-order valence-corrected chi connectivity index (χ1v) is 6.81. The Morgan fingerprint density at radius 3 is 2.60 bits per heavy atom. The molecule has 0 saturated heterocycles. The zero-order chi connectivity index (χ0) is 14.1. The summed E-state index contributed by atoms with van der Waals surface area (Å²) in [4.78, 5) is 10.9. The normalized spacial score (nSPS) is 16.9. The molecule has 2 aromatic rings. The molecule has 2 aromatic carbocycles. The summed E-state index contributed by atoms with van der Waals surface area (Å²) in [5.74, 6) is 0.646. The van der Waals surface area contributed by atoms with Crippen molar-refractivity contribution >= 4 is 22.0 Å². The van der Waals surface area contributed by atoms with E-state index < -0.39 is 6.10 Å². The van der Waals surface area contributed by atoms with E-state index in [0.29, 0.717) is 11.3 Å². The second-order valence-corrected chi connectivity index (χ2v) is 5.33. The van der Waals surface area contributed by atoms with E-state index in [0.717, 1.165) is 10.0 Å². The van der Waals surface area contributed by atoms with Crippen molar-refractivity contribution in [2.75, 3.05) is 0 Å². The van der Waals surface area contributed by atoms with Gasteiger partial charge in [0.2, 0.25) is 6.10 Å². The van der Waals surface area contributed by atoms with Gasteiger partial charge < -0.3 is 4.74 Å². The predicted octanol–water partition coefficient (Wildman–Crippen LogP) is 4.20. The highest BCUT2D eigenvalue weighted by atomic mass is 79.9. The molecule has 0 radical (unpaired) electrons. The minimum absolute atomic E-state index is 0.0433. The van der Waals surface area contributed by atoms with Crippen molar-refractivity contribution in [3.63, 3.8) is 0 Å². The average Bonchev–Trinajstić information content (AvgIpc) is 2.46. The van der Waals surface area contributed by atoms with Gasteiger partial charge in [0.1, 0.15) is 5.75 Å². The third-order valence-corrected chi connectivity index (χ3v) is 3.60. The molecule has 3 rings (SSSR count). The Balaban J connectivity index is 2.10. The molecule has 1 heterocycles. The van der Waals surface area contributed by atoms with Crippen molar-refractivity contribution in [1.29, 1.82) is 0 Å². The minimum Gasteiger partial charge on any atom is -0.474 e. The van der Waals surface area contributed by atoms with Crippen molar-refractivity contribution in [3.8, 4) is 5.75 Å². The molecule has 4 nitrogen and oxygen atoms in total. The van der Waals surface area contributed by atoms with Crippen molar-refractivity contribution in [3.05, 3.63) is 79.9 Å². The minimum atomic E-state index is -0.681. The molecule has 0 unspecified atom stereocenters. The van der Waals surface area contributed by atoms with Gasteiger partial charge in [-0.2, -0.15) is 0 Å². The zero-order valence-corrected chi connectivity index (χ0v) is 11.9. The number of nitro groups is 1. The van der Waals surface area contributed by atoms with Crippen LogP contribution in [0.5, 0.6) is 5.75 Å². The smallest absolute Gasteiger partial charge is 0.291 e. The lowest BCUT2D eigenvalue weighted by molar-refractivity contribution is -0.434. The van der Waals surface area contributed by atoms with Gasteiger partial charge in [-0.25, -0.2) is 0 Å². The van der Waals surface area contributed by atoms with Crippen molar-refractivity contribution in [1.82, 2.24) is 0 Å². The van der Waals surface area contributed by atoms with Crippen LogP contribution in [-0.2, 0) is 0 Å². The lowest BCUT2D eigenvalue weighted by Crippen LogP contribution is -2.19. The summed E-state index contributed by atoms with van der Waals surface area (Å²) in [7, 11) is 0. The first-order valence-electron chi connectivity index (χ1n) is 6.02. The van der Waals surface area contributed by atoms with Gasteiger partial charge in [-0.15, -0.1) is 0 Å². The maximum Gasteiger partial charge on any atom is 0.291 e. The topological polar surface area (TPSA) is 52.4 Å². The summed E-state index contributed by atoms with van der Waals surface area (Å²) in [6.07, 6.45) is 0.890. The number of ether oxygens (including phenoxy) is 1. The molecule has 1 atom stereocenters. The summed E-state index contributed by atoms with van der Waals surface area (Å²) in [5, 5.41) is 11.3. The fourth-order valence-corrected chi connectivity index (χ4v) is 2.56. The van der Waals surface area contributed by atoms with Gasteiger partial charge in [-0.1, -0.05) is 46.3 Å². The standard InChI is InChI=1S/C15H10BrNO3/c16-12-6-7-14-11(8-12)9-13(17(18)19)15(20-14)10-4-2-1-3-5-10/h1-9,15H/t15-/m1/s1. The van der Waals surface area contributed by atoms with Crippen LogP contribution in [0.2, 0.25) is 0 Å². The van der Waals surface area contributed by atoms with Gasteiger partial charge >= 0.3 is 0 Å². The van der Waals surface area contributed by atoms with Gasteiger partial charge in [0.05, 0.1) is 4.92 Å². The summed E-state index contributed by atoms with van der Waals surface area (Å²) >= 11 is 3.35. The molecular formula is C15H10BrNO3. The lowest BCUT2D eigenvalue weighted by Gasteiger charge is -2.22. The van der Waals surface area contributed by atoms with Crippen LogP contribution in [0.15, 0.2) is 58.7 Å². The largest absolute Gasteiger partial charge is 0.474 e. The van der Waals surface area contributed by atoms with Gasteiger partial charge in [-0.3, -0.25) is 10.1 Å².